The summed E-state index contributed by atoms with van der Waals surface area (Å²) in [5.74, 6) is -0.949. The van der Waals surface area contributed by atoms with Crippen LogP contribution < -0.4 is 0 Å². The van der Waals surface area contributed by atoms with Crippen LogP contribution in [-0.2, 0) is 4.79 Å². The van der Waals surface area contributed by atoms with Gasteiger partial charge in [-0.15, -0.1) is 0 Å². The van der Waals surface area contributed by atoms with Gasteiger partial charge in [0.25, 0.3) is 0 Å². The second kappa shape index (κ2) is 4.10. The molecule has 0 heterocycles. The summed E-state index contributed by atoms with van der Waals surface area (Å²) in [5, 5.41) is 0. The van der Waals surface area contributed by atoms with Gasteiger partial charge in [0.15, 0.2) is 17.3 Å². The first-order chi connectivity index (χ1) is 9.45. The smallest absolute Gasteiger partial charge is 0.194 e. The number of ketones is 3. The average Bonchev–Trinajstić information content (AvgIpc) is 2.46. The lowest BCUT2D eigenvalue weighted by atomic mass is 9.71. The highest BCUT2D eigenvalue weighted by molar-refractivity contribution is 6.31. The molecule has 2 aliphatic carbocycles. The molecular formula is C17H14O3. The highest BCUT2D eigenvalue weighted by Crippen LogP contribution is 2.39. The maximum atomic E-state index is 12.6. The van der Waals surface area contributed by atoms with E-state index in [1.165, 1.54) is 0 Å². The number of carbonyl (C=O) groups excluding carboxylic acids is 3. The van der Waals surface area contributed by atoms with E-state index >= 15 is 0 Å². The molecule has 1 atom stereocenters. The molecule has 0 spiro atoms. The average molecular weight is 266 g/mol. The molecule has 100 valence electrons. The molecule has 1 aromatic carbocycles. The number of Topliss-reactive ketones (excluding diaryl/α,β-unsaturated/α-hetero) is 3. The van der Waals surface area contributed by atoms with Crippen LogP contribution in [0.25, 0.3) is 0 Å². The Bertz CT molecular complexity index is 747. The first-order valence-electron chi connectivity index (χ1n) is 6.59. The molecular weight excluding hydrogens is 252 g/mol. The molecule has 20 heavy (non-hydrogen) atoms. The second-order valence-corrected chi connectivity index (χ2v) is 5.33. The molecule has 0 aliphatic heterocycles. The fourth-order valence-electron chi connectivity index (χ4n) is 3.01. The van der Waals surface area contributed by atoms with Crippen molar-refractivity contribution in [3.8, 4) is 0 Å². The van der Waals surface area contributed by atoms with Crippen molar-refractivity contribution in [2.24, 2.45) is 5.92 Å². The van der Waals surface area contributed by atoms with Crippen LogP contribution in [0.2, 0.25) is 0 Å². The van der Waals surface area contributed by atoms with Gasteiger partial charge in [-0.2, -0.15) is 0 Å². The van der Waals surface area contributed by atoms with Gasteiger partial charge >= 0.3 is 0 Å². The van der Waals surface area contributed by atoms with Crippen molar-refractivity contribution in [1.29, 1.82) is 0 Å². The molecule has 0 aromatic heterocycles. The zero-order valence-electron chi connectivity index (χ0n) is 11.6. The summed E-state index contributed by atoms with van der Waals surface area (Å²) < 4.78 is 0. The van der Waals surface area contributed by atoms with Gasteiger partial charge in [0.1, 0.15) is 0 Å². The Balaban J connectivity index is 2.34. The van der Waals surface area contributed by atoms with Gasteiger partial charge < -0.3 is 0 Å². The highest BCUT2D eigenvalue weighted by atomic mass is 16.1. The summed E-state index contributed by atoms with van der Waals surface area (Å²) in [7, 11) is 0. The molecule has 0 saturated heterocycles. The Morgan fingerprint density at radius 2 is 1.40 bits per heavy atom. The molecule has 0 bridgehead atoms. The fourth-order valence-corrected chi connectivity index (χ4v) is 3.01. The summed E-state index contributed by atoms with van der Waals surface area (Å²) in [4.78, 5) is 37.5. The van der Waals surface area contributed by atoms with Gasteiger partial charge in [0.2, 0.25) is 0 Å². The van der Waals surface area contributed by atoms with E-state index in [9.17, 15) is 14.4 Å². The molecule has 0 saturated carbocycles. The minimum atomic E-state index is -0.543. The van der Waals surface area contributed by atoms with E-state index < -0.39 is 5.92 Å². The van der Waals surface area contributed by atoms with Crippen molar-refractivity contribution in [1.82, 2.24) is 0 Å². The maximum absolute atomic E-state index is 12.6. The largest absolute Gasteiger partial charge is 0.294 e. The third kappa shape index (κ3) is 1.43. The second-order valence-electron chi connectivity index (χ2n) is 5.33. The number of fused-ring (bicyclic) bond motifs is 1. The minimum Gasteiger partial charge on any atom is -0.294 e. The molecule has 3 heteroatoms. The lowest BCUT2D eigenvalue weighted by molar-refractivity contribution is -0.117. The number of rotatable bonds is 0. The monoisotopic (exact) mass is 266 g/mol. The van der Waals surface area contributed by atoms with Gasteiger partial charge in [-0.05, 0) is 25.0 Å². The molecule has 1 aromatic rings. The standard InChI is InChI=1S/C17H14O3/c1-8-9(2)15(18)10(3)14-13(8)16(19)11-6-4-5-7-12(11)17(14)20/h4-7,10H,1-3H3. The Morgan fingerprint density at radius 3 is 2.00 bits per heavy atom. The molecule has 1 unspecified atom stereocenters. The quantitative estimate of drug-likeness (QED) is 0.725. The van der Waals surface area contributed by atoms with Crippen LogP contribution in [0.15, 0.2) is 46.6 Å². The first-order valence-corrected chi connectivity index (χ1v) is 6.59. The molecule has 0 radical (unpaired) electrons. The Morgan fingerprint density at radius 1 is 0.850 bits per heavy atom. The summed E-state index contributed by atoms with van der Waals surface area (Å²) in [6.07, 6.45) is 0. The topological polar surface area (TPSA) is 51.2 Å². The summed E-state index contributed by atoms with van der Waals surface area (Å²) >= 11 is 0. The normalized spacial score (nSPS) is 22.1. The lowest BCUT2D eigenvalue weighted by Crippen LogP contribution is -2.33. The predicted molar refractivity (Wildman–Crippen MR) is 74.7 cm³/mol. The van der Waals surface area contributed by atoms with Gasteiger partial charge in [-0.1, -0.05) is 31.2 Å². The Hall–Kier alpha value is -2.29. The van der Waals surface area contributed by atoms with Gasteiger partial charge in [-0.25, -0.2) is 0 Å². The number of allylic oxidation sites excluding steroid dienone is 4. The van der Waals surface area contributed by atoms with Crippen LogP contribution in [0.5, 0.6) is 0 Å². The summed E-state index contributed by atoms with van der Waals surface area (Å²) in [5.41, 5.74) is 2.85. The van der Waals surface area contributed by atoms with Gasteiger partial charge in [-0.3, -0.25) is 14.4 Å². The molecule has 3 nitrogen and oxygen atoms in total. The highest BCUT2D eigenvalue weighted by Gasteiger charge is 2.40. The molecule has 3 rings (SSSR count). The van der Waals surface area contributed by atoms with E-state index in [0.717, 1.165) is 0 Å². The van der Waals surface area contributed by atoms with Gasteiger partial charge in [0, 0.05) is 28.2 Å². The zero-order valence-corrected chi connectivity index (χ0v) is 11.6. The summed E-state index contributed by atoms with van der Waals surface area (Å²) in [6.45, 7) is 5.16. The van der Waals surface area contributed by atoms with Crippen LogP contribution in [0.4, 0.5) is 0 Å². The molecule has 0 amide bonds. The zero-order chi connectivity index (χ0) is 14.6. The van der Waals surface area contributed by atoms with Crippen molar-refractivity contribution < 1.29 is 14.4 Å². The van der Waals surface area contributed by atoms with E-state index in [2.05, 4.69) is 0 Å². The van der Waals surface area contributed by atoms with Crippen molar-refractivity contribution >= 4 is 17.3 Å². The minimum absolute atomic E-state index is 0.0678. The van der Waals surface area contributed by atoms with Gasteiger partial charge in [0.05, 0.1) is 0 Å². The van der Waals surface area contributed by atoms with Crippen LogP contribution >= 0.6 is 0 Å². The van der Waals surface area contributed by atoms with E-state index in [1.54, 1.807) is 45.0 Å². The number of hydrogen-bond acceptors (Lipinski definition) is 3. The third-order valence-electron chi connectivity index (χ3n) is 4.29. The molecule has 0 N–H and O–H groups in total. The predicted octanol–water partition coefficient (Wildman–Crippen LogP) is 2.92. The van der Waals surface area contributed by atoms with Crippen molar-refractivity contribution in [2.75, 3.05) is 0 Å². The molecule has 2 aliphatic rings. The van der Waals surface area contributed by atoms with E-state index in [1.807, 2.05) is 0 Å². The number of carbonyl (C=O) groups is 3. The fraction of sp³-hybridized carbons (Fsp3) is 0.235. The van der Waals surface area contributed by atoms with Crippen LogP contribution in [0.1, 0.15) is 41.5 Å². The van der Waals surface area contributed by atoms with Crippen molar-refractivity contribution in [2.45, 2.75) is 20.8 Å². The Kier molecular flexibility index (Phi) is 2.61. The SMILES string of the molecule is CC1=C(C)C2=C(C(=O)c3ccccc3C2=O)C(C)C1=O. The molecule has 0 fully saturated rings. The van der Waals surface area contributed by atoms with Crippen molar-refractivity contribution in [3.63, 3.8) is 0 Å². The number of hydrogen-bond donors (Lipinski definition) is 0. The Labute approximate surface area is 117 Å². The van der Waals surface area contributed by atoms with Crippen LogP contribution in [0, 0.1) is 5.92 Å². The van der Waals surface area contributed by atoms with Crippen LogP contribution in [-0.4, -0.2) is 17.3 Å². The first kappa shape index (κ1) is 12.7. The maximum Gasteiger partial charge on any atom is 0.194 e. The van der Waals surface area contributed by atoms with E-state index in [4.69, 9.17) is 0 Å². The van der Waals surface area contributed by atoms with E-state index in [0.29, 0.717) is 33.4 Å². The number of benzene rings is 1. The van der Waals surface area contributed by atoms with Crippen molar-refractivity contribution in [3.05, 3.63) is 57.7 Å². The van der Waals surface area contributed by atoms with Crippen LogP contribution in [0.3, 0.4) is 0 Å². The van der Waals surface area contributed by atoms with E-state index in [-0.39, 0.29) is 17.3 Å². The third-order valence-corrected chi connectivity index (χ3v) is 4.29. The lowest BCUT2D eigenvalue weighted by Gasteiger charge is -2.29. The summed E-state index contributed by atoms with van der Waals surface area (Å²) in [6, 6.07) is 6.80.